The average Bonchev–Trinajstić information content (AvgIpc) is 2.54. The molecule has 0 aliphatic heterocycles. The van der Waals surface area contributed by atoms with Gasteiger partial charge in [-0.15, -0.1) is 0 Å². The highest BCUT2D eigenvalue weighted by Gasteiger charge is 2.12. The first-order chi connectivity index (χ1) is 11.1. The molecule has 0 aliphatic rings. The first-order valence-corrected chi connectivity index (χ1v) is 7.76. The predicted octanol–water partition coefficient (Wildman–Crippen LogP) is 2.92. The number of nitrogens with one attached hydrogen (secondary N) is 1. The van der Waals surface area contributed by atoms with Crippen molar-refractivity contribution in [1.82, 2.24) is 5.32 Å². The van der Waals surface area contributed by atoms with Gasteiger partial charge in [0.05, 0.1) is 19.1 Å². The summed E-state index contributed by atoms with van der Waals surface area (Å²) in [6.45, 7) is 4.81. The smallest absolute Gasteiger partial charge is 0.223 e. The topological polar surface area (TPSA) is 58.6 Å². The number of aliphatic hydroxyl groups excluding tert-OH is 1. The second kappa shape index (κ2) is 8.34. The number of para-hydroxylation sites is 1. The summed E-state index contributed by atoms with van der Waals surface area (Å²) in [5.74, 6) is 0.678. The molecule has 2 rings (SSSR count). The molecule has 0 radical (unpaired) electrons. The van der Waals surface area contributed by atoms with Crippen molar-refractivity contribution < 1.29 is 14.6 Å². The van der Waals surface area contributed by atoms with Crippen molar-refractivity contribution in [1.29, 1.82) is 0 Å². The number of rotatable bonds is 7. The molecule has 0 heterocycles. The minimum atomic E-state index is -0.782. The number of hydrogen-bond donors (Lipinski definition) is 2. The summed E-state index contributed by atoms with van der Waals surface area (Å²) in [7, 11) is 0. The van der Waals surface area contributed by atoms with Gasteiger partial charge in [-0.3, -0.25) is 4.79 Å². The van der Waals surface area contributed by atoms with Crippen LogP contribution in [-0.4, -0.2) is 24.2 Å². The lowest BCUT2D eigenvalue weighted by atomic mass is 10.1. The third-order valence-electron chi connectivity index (χ3n) is 3.64. The minimum Gasteiger partial charge on any atom is -0.491 e. The van der Waals surface area contributed by atoms with Crippen molar-refractivity contribution >= 4 is 5.91 Å². The van der Waals surface area contributed by atoms with Crippen LogP contribution in [0.4, 0.5) is 0 Å². The minimum absolute atomic E-state index is 0.0490. The van der Waals surface area contributed by atoms with E-state index in [1.165, 1.54) is 0 Å². The van der Waals surface area contributed by atoms with Crippen LogP contribution in [0.5, 0.6) is 5.75 Å². The SMILES string of the molecule is Cc1cccc(C)c1OCCNC(=O)CC(O)c1ccccc1. The van der Waals surface area contributed by atoms with Crippen LogP contribution in [0, 0.1) is 13.8 Å². The Morgan fingerprint density at radius 3 is 2.39 bits per heavy atom. The van der Waals surface area contributed by atoms with Crippen LogP contribution in [0.3, 0.4) is 0 Å². The van der Waals surface area contributed by atoms with Crippen LogP contribution in [0.15, 0.2) is 48.5 Å². The van der Waals surface area contributed by atoms with E-state index < -0.39 is 6.10 Å². The van der Waals surface area contributed by atoms with Crippen molar-refractivity contribution in [3.63, 3.8) is 0 Å². The number of carbonyl (C=O) groups excluding carboxylic acids is 1. The van der Waals surface area contributed by atoms with Gasteiger partial charge in [-0.1, -0.05) is 48.5 Å². The highest BCUT2D eigenvalue weighted by molar-refractivity contribution is 5.76. The largest absolute Gasteiger partial charge is 0.491 e. The van der Waals surface area contributed by atoms with Crippen molar-refractivity contribution in [3.05, 3.63) is 65.2 Å². The molecule has 1 unspecified atom stereocenters. The maximum Gasteiger partial charge on any atom is 0.223 e. The molecule has 0 saturated heterocycles. The fraction of sp³-hybridized carbons (Fsp3) is 0.316. The molecule has 0 bridgehead atoms. The second-order valence-electron chi connectivity index (χ2n) is 5.55. The molecule has 23 heavy (non-hydrogen) atoms. The zero-order valence-electron chi connectivity index (χ0n) is 13.6. The van der Waals surface area contributed by atoms with E-state index in [0.29, 0.717) is 13.2 Å². The highest BCUT2D eigenvalue weighted by Crippen LogP contribution is 2.22. The molecule has 0 saturated carbocycles. The summed E-state index contributed by atoms with van der Waals surface area (Å²) in [5.41, 5.74) is 2.90. The molecule has 122 valence electrons. The number of hydrogen-bond acceptors (Lipinski definition) is 3. The maximum atomic E-state index is 11.8. The Kier molecular flexibility index (Phi) is 6.18. The lowest BCUT2D eigenvalue weighted by Gasteiger charge is -2.13. The summed E-state index contributed by atoms with van der Waals surface area (Å²) >= 11 is 0. The van der Waals surface area contributed by atoms with E-state index in [-0.39, 0.29) is 12.3 Å². The number of aryl methyl sites for hydroxylation is 2. The van der Waals surface area contributed by atoms with E-state index in [1.807, 2.05) is 62.4 Å². The summed E-state index contributed by atoms with van der Waals surface area (Å²) in [4.78, 5) is 11.8. The first-order valence-electron chi connectivity index (χ1n) is 7.76. The van der Waals surface area contributed by atoms with Gasteiger partial charge in [-0.25, -0.2) is 0 Å². The summed E-state index contributed by atoms with van der Waals surface area (Å²) in [6.07, 6.45) is -0.733. The van der Waals surface area contributed by atoms with Gasteiger partial charge < -0.3 is 15.2 Å². The summed E-state index contributed by atoms with van der Waals surface area (Å²) in [6, 6.07) is 15.2. The normalized spacial score (nSPS) is 11.8. The van der Waals surface area contributed by atoms with Gasteiger partial charge in [-0.05, 0) is 30.5 Å². The third-order valence-corrected chi connectivity index (χ3v) is 3.64. The Morgan fingerprint density at radius 1 is 1.09 bits per heavy atom. The molecule has 4 nitrogen and oxygen atoms in total. The van der Waals surface area contributed by atoms with Gasteiger partial charge >= 0.3 is 0 Å². The van der Waals surface area contributed by atoms with E-state index in [2.05, 4.69) is 5.32 Å². The van der Waals surface area contributed by atoms with Crippen LogP contribution >= 0.6 is 0 Å². The zero-order chi connectivity index (χ0) is 16.7. The van der Waals surface area contributed by atoms with Gasteiger partial charge in [0.1, 0.15) is 12.4 Å². The Balaban J connectivity index is 1.73. The van der Waals surface area contributed by atoms with E-state index in [0.717, 1.165) is 22.4 Å². The van der Waals surface area contributed by atoms with E-state index >= 15 is 0 Å². The lowest BCUT2D eigenvalue weighted by molar-refractivity contribution is -0.123. The molecule has 0 aromatic heterocycles. The highest BCUT2D eigenvalue weighted by atomic mass is 16.5. The van der Waals surface area contributed by atoms with Crippen molar-refractivity contribution in [3.8, 4) is 5.75 Å². The molecule has 2 aromatic carbocycles. The van der Waals surface area contributed by atoms with Crippen LogP contribution < -0.4 is 10.1 Å². The van der Waals surface area contributed by atoms with E-state index in [9.17, 15) is 9.90 Å². The van der Waals surface area contributed by atoms with Gasteiger partial charge in [0.2, 0.25) is 5.91 Å². The molecular weight excluding hydrogens is 290 g/mol. The standard InChI is InChI=1S/C19H23NO3/c1-14-7-6-8-15(2)19(14)23-12-11-20-18(22)13-17(21)16-9-4-3-5-10-16/h3-10,17,21H,11-13H2,1-2H3,(H,20,22). The molecule has 0 aliphatic carbocycles. The van der Waals surface area contributed by atoms with Crippen LogP contribution in [-0.2, 0) is 4.79 Å². The molecule has 1 atom stereocenters. The van der Waals surface area contributed by atoms with Gasteiger partial charge in [0.15, 0.2) is 0 Å². The Bertz CT molecular complexity index is 620. The van der Waals surface area contributed by atoms with Gasteiger partial charge in [0, 0.05) is 0 Å². The molecule has 2 aromatic rings. The molecule has 0 fully saturated rings. The zero-order valence-corrected chi connectivity index (χ0v) is 13.6. The average molecular weight is 313 g/mol. The number of carbonyl (C=O) groups is 1. The Hall–Kier alpha value is -2.33. The monoisotopic (exact) mass is 313 g/mol. The van der Waals surface area contributed by atoms with Crippen LogP contribution in [0.2, 0.25) is 0 Å². The maximum absolute atomic E-state index is 11.8. The van der Waals surface area contributed by atoms with Crippen LogP contribution in [0.25, 0.3) is 0 Å². The first kappa shape index (κ1) is 17.0. The van der Waals surface area contributed by atoms with E-state index in [1.54, 1.807) is 0 Å². The molecular formula is C19H23NO3. The molecule has 0 spiro atoms. The summed E-state index contributed by atoms with van der Waals surface area (Å²) < 4.78 is 5.73. The van der Waals surface area contributed by atoms with Crippen molar-refractivity contribution in [2.75, 3.05) is 13.2 Å². The van der Waals surface area contributed by atoms with Gasteiger partial charge in [0.25, 0.3) is 0 Å². The van der Waals surface area contributed by atoms with Crippen molar-refractivity contribution in [2.45, 2.75) is 26.4 Å². The summed E-state index contributed by atoms with van der Waals surface area (Å²) in [5, 5.41) is 12.8. The lowest BCUT2D eigenvalue weighted by Crippen LogP contribution is -2.29. The number of ether oxygens (including phenoxy) is 1. The second-order valence-corrected chi connectivity index (χ2v) is 5.55. The predicted molar refractivity (Wildman–Crippen MR) is 90.4 cm³/mol. The molecule has 4 heteroatoms. The number of benzene rings is 2. The number of amides is 1. The van der Waals surface area contributed by atoms with Gasteiger partial charge in [-0.2, -0.15) is 0 Å². The fourth-order valence-corrected chi connectivity index (χ4v) is 2.41. The molecule has 1 amide bonds. The van der Waals surface area contributed by atoms with Crippen LogP contribution in [0.1, 0.15) is 29.2 Å². The Labute approximate surface area is 137 Å². The van der Waals surface area contributed by atoms with E-state index in [4.69, 9.17) is 4.74 Å². The molecule has 2 N–H and O–H groups in total. The van der Waals surface area contributed by atoms with Crippen molar-refractivity contribution in [2.24, 2.45) is 0 Å². The Morgan fingerprint density at radius 2 is 1.74 bits per heavy atom. The quantitative estimate of drug-likeness (QED) is 0.773. The number of aliphatic hydroxyl groups is 1. The third kappa shape index (κ3) is 5.11. The fourth-order valence-electron chi connectivity index (χ4n) is 2.41.